The van der Waals surface area contributed by atoms with Gasteiger partial charge >= 0.3 is 0 Å². The molecule has 0 aliphatic carbocycles. The number of nitrogen functional groups attached to an aromatic ring is 1. The normalized spacial score (nSPS) is 10.2. The van der Waals surface area contributed by atoms with E-state index in [0.717, 1.165) is 17.1 Å². The molecule has 0 aliphatic rings. The zero-order chi connectivity index (χ0) is 9.26. The minimum Gasteiger partial charge on any atom is -0.399 e. The molecule has 13 heavy (non-hydrogen) atoms. The van der Waals surface area contributed by atoms with Crippen LogP contribution in [0.15, 0.2) is 36.5 Å². The first-order chi connectivity index (χ1) is 6.25. The number of nitrogens with zero attached hydrogens (tertiary/aromatic N) is 2. The molecule has 0 saturated carbocycles. The summed E-state index contributed by atoms with van der Waals surface area (Å²) in [6.45, 7) is 1.96. The van der Waals surface area contributed by atoms with Gasteiger partial charge in [-0.05, 0) is 31.2 Å². The second-order valence-corrected chi connectivity index (χ2v) is 3.00. The van der Waals surface area contributed by atoms with Gasteiger partial charge in [0.05, 0.1) is 11.4 Å². The van der Waals surface area contributed by atoms with E-state index in [1.807, 2.05) is 48.1 Å². The van der Waals surface area contributed by atoms with Crippen LogP contribution in [0.1, 0.15) is 5.69 Å². The predicted octanol–water partition coefficient (Wildman–Crippen LogP) is 1.76. The molecule has 0 spiro atoms. The number of benzene rings is 1. The van der Waals surface area contributed by atoms with Crippen LogP contribution < -0.4 is 5.73 Å². The van der Waals surface area contributed by atoms with Crippen LogP contribution in [0.4, 0.5) is 5.69 Å². The smallest absolute Gasteiger partial charge is 0.0666 e. The van der Waals surface area contributed by atoms with E-state index in [0.29, 0.717) is 0 Å². The number of hydrogen-bond acceptors (Lipinski definition) is 2. The minimum atomic E-state index is 0.755. The predicted molar refractivity (Wildman–Crippen MR) is 52.7 cm³/mol. The molecule has 0 atom stereocenters. The number of aryl methyl sites for hydroxylation is 1. The molecule has 0 amide bonds. The molecule has 2 N–H and O–H groups in total. The Bertz CT molecular complexity index is 418. The van der Waals surface area contributed by atoms with Gasteiger partial charge in [0.15, 0.2) is 0 Å². The SMILES string of the molecule is Cc1ccn(-c2cccc(N)c2)n1. The number of rotatable bonds is 1. The van der Waals surface area contributed by atoms with Gasteiger partial charge in [0.25, 0.3) is 0 Å². The van der Waals surface area contributed by atoms with E-state index < -0.39 is 0 Å². The first kappa shape index (κ1) is 7.86. The Morgan fingerprint density at radius 3 is 2.77 bits per heavy atom. The molecule has 66 valence electrons. The van der Waals surface area contributed by atoms with Crippen molar-refractivity contribution in [1.82, 2.24) is 9.78 Å². The zero-order valence-corrected chi connectivity index (χ0v) is 7.44. The molecule has 0 unspecified atom stereocenters. The van der Waals surface area contributed by atoms with Crippen molar-refractivity contribution in [2.75, 3.05) is 5.73 Å². The van der Waals surface area contributed by atoms with Crippen molar-refractivity contribution < 1.29 is 0 Å². The molecular weight excluding hydrogens is 162 g/mol. The molecule has 0 fully saturated rings. The zero-order valence-electron chi connectivity index (χ0n) is 7.44. The molecule has 1 aromatic heterocycles. The summed E-state index contributed by atoms with van der Waals surface area (Å²) in [4.78, 5) is 0. The third kappa shape index (κ3) is 1.54. The molecule has 0 bridgehead atoms. The summed E-state index contributed by atoms with van der Waals surface area (Å²) in [5.74, 6) is 0. The van der Waals surface area contributed by atoms with E-state index in [-0.39, 0.29) is 0 Å². The van der Waals surface area contributed by atoms with E-state index in [9.17, 15) is 0 Å². The summed E-state index contributed by atoms with van der Waals surface area (Å²) < 4.78 is 1.81. The van der Waals surface area contributed by atoms with Crippen molar-refractivity contribution >= 4 is 5.69 Å². The third-order valence-electron chi connectivity index (χ3n) is 1.86. The van der Waals surface area contributed by atoms with E-state index in [2.05, 4.69) is 5.10 Å². The van der Waals surface area contributed by atoms with E-state index in [4.69, 9.17) is 5.73 Å². The maximum Gasteiger partial charge on any atom is 0.0666 e. The lowest BCUT2D eigenvalue weighted by Crippen LogP contribution is -1.95. The van der Waals surface area contributed by atoms with Crippen molar-refractivity contribution in [1.29, 1.82) is 0 Å². The second kappa shape index (κ2) is 2.94. The van der Waals surface area contributed by atoms with Crippen molar-refractivity contribution in [3.63, 3.8) is 0 Å². The van der Waals surface area contributed by atoms with Gasteiger partial charge in [-0.2, -0.15) is 5.10 Å². The van der Waals surface area contributed by atoms with Gasteiger partial charge in [-0.3, -0.25) is 0 Å². The standard InChI is InChI=1S/C10H11N3/c1-8-5-6-13(12-8)10-4-2-3-9(11)7-10/h2-7H,11H2,1H3. The Kier molecular flexibility index (Phi) is 1.77. The minimum absolute atomic E-state index is 0.755. The maximum atomic E-state index is 5.66. The van der Waals surface area contributed by atoms with Gasteiger partial charge in [-0.25, -0.2) is 4.68 Å². The third-order valence-corrected chi connectivity index (χ3v) is 1.86. The number of anilines is 1. The Balaban J connectivity index is 2.46. The topological polar surface area (TPSA) is 43.8 Å². The van der Waals surface area contributed by atoms with E-state index in [1.165, 1.54) is 0 Å². The molecule has 2 aromatic rings. The summed E-state index contributed by atoms with van der Waals surface area (Å²) in [6, 6.07) is 9.61. The van der Waals surface area contributed by atoms with Crippen LogP contribution in [0.5, 0.6) is 0 Å². The highest BCUT2D eigenvalue weighted by Crippen LogP contribution is 2.10. The fourth-order valence-electron chi connectivity index (χ4n) is 1.23. The van der Waals surface area contributed by atoms with Gasteiger partial charge in [0, 0.05) is 11.9 Å². The van der Waals surface area contributed by atoms with Gasteiger partial charge in [-0.15, -0.1) is 0 Å². The van der Waals surface area contributed by atoms with Crippen molar-refractivity contribution in [3.8, 4) is 5.69 Å². The Morgan fingerprint density at radius 2 is 2.15 bits per heavy atom. The largest absolute Gasteiger partial charge is 0.399 e. The monoisotopic (exact) mass is 173 g/mol. The second-order valence-electron chi connectivity index (χ2n) is 3.00. The number of hydrogen-bond donors (Lipinski definition) is 1. The van der Waals surface area contributed by atoms with Crippen LogP contribution >= 0.6 is 0 Å². The summed E-state index contributed by atoms with van der Waals surface area (Å²) in [5, 5.41) is 4.28. The van der Waals surface area contributed by atoms with E-state index >= 15 is 0 Å². The average Bonchev–Trinajstić information content (AvgIpc) is 2.52. The lowest BCUT2D eigenvalue weighted by atomic mass is 10.3. The molecule has 2 rings (SSSR count). The Labute approximate surface area is 76.8 Å². The van der Waals surface area contributed by atoms with E-state index in [1.54, 1.807) is 0 Å². The van der Waals surface area contributed by atoms with Gasteiger partial charge < -0.3 is 5.73 Å². The highest BCUT2D eigenvalue weighted by molar-refractivity contribution is 5.47. The Morgan fingerprint density at radius 1 is 1.31 bits per heavy atom. The van der Waals surface area contributed by atoms with Crippen LogP contribution in [-0.4, -0.2) is 9.78 Å². The molecule has 3 heteroatoms. The molecule has 0 aliphatic heterocycles. The lowest BCUT2D eigenvalue weighted by molar-refractivity contribution is 0.863. The fourth-order valence-corrected chi connectivity index (χ4v) is 1.23. The molecule has 0 saturated heterocycles. The summed E-state index contributed by atoms with van der Waals surface area (Å²) in [6.07, 6.45) is 1.92. The van der Waals surface area contributed by atoms with Crippen molar-refractivity contribution in [2.45, 2.75) is 6.92 Å². The van der Waals surface area contributed by atoms with Crippen molar-refractivity contribution in [3.05, 3.63) is 42.2 Å². The molecule has 1 heterocycles. The van der Waals surface area contributed by atoms with Crippen LogP contribution in [0.3, 0.4) is 0 Å². The van der Waals surface area contributed by atoms with Gasteiger partial charge in [-0.1, -0.05) is 6.07 Å². The van der Waals surface area contributed by atoms with Gasteiger partial charge in [0.1, 0.15) is 0 Å². The quantitative estimate of drug-likeness (QED) is 0.668. The number of nitrogens with two attached hydrogens (primary N) is 1. The summed E-state index contributed by atoms with van der Waals surface area (Å²) >= 11 is 0. The fraction of sp³-hybridized carbons (Fsp3) is 0.100. The first-order valence-corrected chi connectivity index (χ1v) is 4.14. The molecule has 3 nitrogen and oxygen atoms in total. The summed E-state index contributed by atoms with van der Waals surface area (Å²) in [7, 11) is 0. The number of aromatic nitrogens is 2. The van der Waals surface area contributed by atoms with Crippen LogP contribution in [0, 0.1) is 6.92 Å². The molecule has 1 aromatic carbocycles. The summed E-state index contributed by atoms with van der Waals surface area (Å²) in [5.41, 5.74) is 8.41. The molecule has 0 radical (unpaired) electrons. The lowest BCUT2D eigenvalue weighted by Gasteiger charge is -2.01. The van der Waals surface area contributed by atoms with Gasteiger partial charge in [0.2, 0.25) is 0 Å². The maximum absolute atomic E-state index is 5.66. The van der Waals surface area contributed by atoms with Crippen LogP contribution in [-0.2, 0) is 0 Å². The average molecular weight is 173 g/mol. The van der Waals surface area contributed by atoms with Crippen molar-refractivity contribution in [2.24, 2.45) is 0 Å². The highest BCUT2D eigenvalue weighted by Gasteiger charge is 1.97. The first-order valence-electron chi connectivity index (χ1n) is 4.14. The van der Waals surface area contributed by atoms with Crippen LogP contribution in [0.25, 0.3) is 5.69 Å². The van der Waals surface area contributed by atoms with Crippen LogP contribution in [0.2, 0.25) is 0 Å². The highest BCUT2D eigenvalue weighted by atomic mass is 15.3. The Hall–Kier alpha value is -1.77. The molecular formula is C10H11N3.